The van der Waals surface area contributed by atoms with Crippen LogP contribution >= 0.6 is 0 Å². The Morgan fingerprint density at radius 1 is 1.11 bits per heavy atom. The number of nitrogens with two attached hydrogens (primary N) is 1. The van der Waals surface area contributed by atoms with Gasteiger partial charge in [0.05, 0.1) is 29.7 Å². The predicted octanol–water partition coefficient (Wildman–Crippen LogP) is 3.30. The van der Waals surface area contributed by atoms with Gasteiger partial charge < -0.3 is 10.8 Å². The number of hydrogen-bond donors (Lipinski definition) is 2. The third kappa shape index (κ3) is 3.20. The Balaban J connectivity index is 1.93. The SMILES string of the molecule is Cc1cccc(-n2ncc3c(CO)cc(-c4cccc(C(C)N)n4)cc32)n1. The van der Waals surface area contributed by atoms with E-state index in [0.717, 1.165) is 44.9 Å². The van der Waals surface area contributed by atoms with E-state index in [1.165, 1.54) is 0 Å². The second-order valence-corrected chi connectivity index (χ2v) is 6.66. The van der Waals surface area contributed by atoms with Crippen LogP contribution < -0.4 is 5.73 Å². The van der Waals surface area contributed by atoms with Gasteiger partial charge >= 0.3 is 0 Å². The van der Waals surface area contributed by atoms with E-state index >= 15 is 0 Å². The largest absolute Gasteiger partial charge is 0.392 e. The summed E-state index contributed by atoms with van der Waals surface area (Å²) in [7, 11) is 0. The average Bonchev–Trinajstić information content (AvgIpc) is 3.11. The van der Waals surface area contributed by atoms with Crippen molar-refractivity contribution < 1.29 is 5.11 Å². The summed E-state index contributed by atoms with van der Waals surface area (Å²) in [4.78, 5) is 9.24. The number of nitrogens with zero attached hydrogens (tertiary/aromatic N) is 4. The number of aliphatic hydroxyl groups is 1. The van der Waals surface area contributed by atoms with E-state index in [0.29, 0.717) is 0 Å². The van der Waals surface area contributed by atoms with Crippen LogP contribution in [-0.4, -0.2) is 24.9 Å². The molecule has 1 atom stereocenters. The number of aryl methyl sites for hydroxylation is 1. The zero-order chi connectivity index (χ0) is 19.0. The molecule has 4 aromatic rings. The fourth-order valence-corrected chi connectivity index (χ4v) is 3.17. The lowest BCUT2D eigenvalue weighted by Gasteiger charge is -2.10. The highest BCUT2D eigenvalue weighted by atomic mass is 16.3. The summed E-state index contributed by atoms with van der Waals surface area (Å²) in [5.41, 5.74) is 11.1. The van der Waals surface area contributed by atoms with Gasteiger partial charge in [0.1, 0.15) is 0 Å². The van der Waals surface area contributed by atoms with Crippen molar-refractivity contribution in [1.82, 2.24) is 19.7 Å². The first-order chi connectivity index (χ1) is 13.1. The van der Waals surface area contributed by atoms with Crippen molar-refractivity contribution in [2.45, 2.75) is 26.5 Å². The fourth-order valence-electron chi connectivity index (χ4n) is 3.17. The average molecular weight is 359 g/mol. The van der Waals surface area contributed by atoms with Gasteiger partial charge in [-0.2, -0.15) is 5.10 Å². The predicted molar refractivity (Wildman–Crippen MR) is 105 cm³/mol. The van der Waals surface area contributed by atoms with Gasteiger partial charge in [-0.1, -0.05) is 12.1 Å². The fraction of sp³-hybridized carbons (Fsp3) is 0.190. The molecule has 3 heterocycles. The molecule has 1 aromatic carbocycles. The van der Waals surface area contributed by atoms with Crippen molar-refractivity contribution in [3.63, 3.8) is 0 Å². The van der Waals surface area contributed by atoms with Crippen LogP contribution in [-0.2, 0) is 6.61 Å². The highest BCUT2D eigenvalue weighted by Crippen LogP contribution is 2.29. The van der Waals surface area contributed by atoms with Crippen LogP contribution in [0, 0.1) is 6.92 Å². The minimum absolute atomic E-state index is 0.0791. The van der Waals surface area contributed by atoms with Gasteiger partial charge in [0.25, 0.3) is 0 Å². The van der Waals surface area contributed by atoms with Crippen molar-refractivity contribution >= 4 is 10.9 Å². The van der Waals surface area contributed by atoms with E-state index < -0.39 is 0 Å². The third-order valence-corrected chi connectivity index (χ3v) is 4.57. The monoisotopic (exact) mass is 359 g/mol. The van der Waals surface area contributed by atoms with Crippen LogP contribution in [0.2, 0.25) is 0 Å². The van der Waals surface area contributed by atoms with Crippen molar-refractivity contribution in [2.24, 2.45) is 5.73 Å². The molecule has 0 spiro atoms. The summed E-state index contributed by atoms with van der Waals surface area (Å²) in [6.07, 6.45) is 1.76. The maximum absolute atomic E-state index is 9.88. The Bertz CT molecular complexity index is 1120. The van der Waals surface area contributed by atoms with Crippen LogP contribution in [0.1, 0.15) is 29.9 Å². The Kier molecular flexibility index (Phi) is 4.43. The standard InChI is InChI=1S/C21H21N5O/c1-13-5-3-8-21(24-13)26-20-10-15(9-16(12-27)17(20)11-23-26)19-7-4-6-18(25-19)14(2)22/h3-11,14,27H,12,22H2,1-2H3. The molecule has 1 unspecified atom stereocenters. The number of benzene rings is 1. The molecule has 0 bridgehead atoms. The van der Waals surface area contributed by atoms with Crippen LogP contribution in [0.4, 0.5) is 0 Å². The summed E-state index contributed by atoms with van der Waals surface area (Å²) >= 11 is 0. The van der Waals surface area contributed by atoms with Gasteiger partial charge in [-0.25, -0.2) is 9.67 Å². The molecule has 3 N–H and O–H groups in total. The van der Waals surface area contributed by atoms with Crippen LogP contribution in [0.5, 0.6) is 0 Å². The molecule has 0 saturated carbocycles. The molecule has 27 heavy (non-hydrogen) atoms. The molecule has 0 amide bonds. The number of aromatic nitrogens is 4. The molecular formula is C21H21N5O. The normalized spacial score (nSPS) is 12.4. The van der Waals surface area contributed by atoms with Crippen molar-refractivity contribution in [3.05, 3.63) is 71.7 Å². The molecule has 0 aliphatic heterocycles. The van der Waals surface area contributed by atoms with Crippen molar-refractivity contribution in [3.8, 4) is 17.1 Å². The van der Waals surface area contributed by atoms with E-state index in [1.807, 2.05) is 62.4 Å². The molecule has 3 aromatic heterocycles. The zero-order valence-corrected chi connectivity index (χ0v) is 15.3. The minimum Gasteiger partial charge on any atom is -0.392 e. The van der Waals surface area contributed by atoms with E-state index in [-0.39, 0.29) is 12.6 Å². The van der Waals surface area contributed by atoms with Crippen molar-refractivity contribution in [2.75, 3.05) is 0 Å². The highest BCUT2D eigenvalue weighted by Gasteiger charge is 2.13. The van der Waals surface area contributed by atoms with Gasteiger partial charge in [-0.3, -0.25) is 4.98 Å². The molecule has 4 rings (SSSR count). The van der Waals surface area contributed by atoms with Crippen LogP contribution in [0.15, 0.2) is 54.7 Å². The van der Waals surface area contributed by atoms with E-state index in [4.69, 9.17) is 5.73 Å². The van der Waals surface area contributed by atoms with Gasteiger partial charge in [-0.15, -0.1) is 0 Å². The van der Waals surface area contributed by atoms with Gasteiger partial charge in [0.2, 0.25) is 0 Å². The quantitative estimate of drug-likeness (QED) is 0.583. The Morgan fingerprint density at radius 2 is 1.93 bits per heavy atom. The number of pyridine rings is 2. The lowest BCUT2D eigenvalue weighted by Crippen LogP contribution is -2.07. The van der Waals surface area contributed by atoms with Gasteiger partial charge in [-0.05, 0) is 55.8 Å². The molecule has 6 nitrogen and oxygen atoms in total. The minimum atomic E-state index is -0.145. The van der Waals surface area contributed by atoms with Crippen LogP contribution in [0.3, 0.4) is 0 Å². The third-order valence-electron chi connectivity index (χ3n) is 4.57. The number of rotatable bonds is 4. The number of fused-ring (bicyclic) bond motifs is 1. The molecule has 0 radical (unpaired) electrons. The van der Waals surface area contributed by atoms with Gasteiger partial charge in [0.15, 0.2) is 5.82 Å². The first kappa shape index (κ1) is 17.3. The van der Waals surface area contributed by atoms with E-state index in [2.05, 4.69) is 15.1 Å². The molecular weight excluding hydrogens is 338 g/mol. The summed E-state index contributed by atoms with van der Waals surface area (Å²) in [6, 6.07) is 15.5. The topological polar surface area (TPSA) is 89.8 Å². The molecule has 136 valence electrons. The number of hydrogen-bond acceptors (Lipinski definition) is 5. The summed E-state index contributed by atoms with van der Waals surface area (Å²) < 4.78 is 1.79. The first-order valence-corrected chi connectivity index (χ1v) is 8.85. The van der Waals surface area contributed by atoms with Gasteiger partial charge in [0, 0.05) is 22.7 Å². The zero-order valence-electron chi connectivity index (χ0n) is 15.3. The van der Waals surface area contributed by atoms with Crippen LogP contribution in [0.25, 0.3) is 28.0 Å². The molecule has 6 heteroatoms. The highest BCUT2D eigenvalue weighted by molar-refractivity contribution is 5.88. The summed E-state index contributed by atoms with van der Waals surface area (Å²) in [6.45, 7) is 3.78. The maximum Gasteiger partial charge on any atom is 0.154 e. The summed E-state index contributed by atoms with van der Waals surface area (Å²) in [5, 5.41) is 15.3. The smallest absolute Gasteiger partial charge is 0.154 e. The first-order valence-electron chi connectivity index (χ1n) is 8.85. The Labute approximate surface area is 157 Å². The second-order valence-electron chi connectivity index (χ2n) is 6.66. The van der Waals surface area contributed by atoms with E-state index in [1.54, 1.807) is 10.9 Å². The second kappa shape index (κ2) is 6.90. The molecule has 0 aliphatic rings. The number of aliphatic hydroxyl groups excluding tert-OH is 1. The van der Waals surface area contributed by atoms with Crippen molar-refractivity contribution in [1.29, 1.82) is 0 Å². The maximum atomic E-state index is 9.88. The Hall–Kier alpha value is -3.09. The Morgan fingerprint density at radius 3 is 2.67 bits per heavy atom. The molecule has 0 aliphatic carbocycles. The molecule has 0 fully saturated rings. The van der Waals surface area contributed by atoms with E-state index in [9.17, 15) is 5.11 Å². The summed E-state index contributed by atoms with van der Waals surface area (Å²) in [5.74, 6) is 0.739. The molecule has 0 saturated heterocycles. The lowest BCUT2D eigenvalue weighted by atomic mass is 10.0. The lowest BCUT2D eigenvalue weighted by molar-refractivity contribution is 0.283.